The van der Waals surface area contributed by atoms with Gasteiger partial charge in [0.1, 0.15) is 12.2 Å². The summed E-state index contributed by atoms with van der Waals surface area (Å²) in [7, 11) is 1.38. The van der Waals surface area contributed by atoms with E-state index in [4.69, 9.17) is 14.2 Å². The molecule has 0 aromatic carbocycles. The molecule has 222 valence electrons. The molecule has 9 heteroatoms. The minimum absolute atomic E-state index is 0.0398. The quantitative estimate of drug-likeness (QED) is 0.171. The summed E-state index contributed by atoms with van der Waals surface area (Å²) in [5.74, 6) is -4.10. The molecule has 7 nitrogen and oxygen atoms in total. The fourth-order valence-corrected chi connectivity index (χ4v) is 5.86. The molecule has 0 radical (unpaired) electrons. The van der Waals surface area contributed by atoms with Crippen molar-refractivity contribution in [1.29, 1.82) is 0 Å². The summed E-state index contributed by atoms with van der Waals surface area (Å²) in [6.45, 7) is 5.66. The molecule has 1 aliphatic heterocycles. The minimum Gasteiger partial charge on any atom is -0.469 e. The van der Waals surface area contributed by atoms with E-state index in [9.17, 15) is 23.5 Å². The number of ether oxygens (including phenoxy) is 4. The molecule has 1 N–H and O–H groups in total. The molecular weight excluding hydrogens is 498 g/mol. The van der Waals surface area contributed by atoms with Crippen molar-refractivity contribution >= 4 is 11.9 Å². The van der Waals surface area contributed by atoms with Crippen LogP contribution in [-0.4, -0.2) is 61.3 Å². The van der Waals surface area contributed by atoms with E-state index >= 15 is 0 Å². The Bertz CT molecular complexity index is 698. The predicted octanol–water partition coefficient (Wildman–Crippen LogP) is 6.19. The molecule has 7 atom stereocenters. The van der Waals surface area contributed by atoms with E-state index in [0.29, 0.717) is 32.3 Å². The number of hydrogen-bond donors (Lipinski definition) is 1. The normalized spacial score (nSPS) is 27.6. The molecule has 0 amide bonds. The third kappa shape index (κ3) is 11.0. The predicted molar refractivity (Wildman–Crippen MR) is 140 cm³/mol. The molecule has 1 heterocycles. The summed E-state index contributed by atoms with van der Waals surface area (Å²) in [5, 5.41) is 10.5. The van der Waals surface area contributed by atoms with Crippen LogP contribution in [0.2, 0.25) is 0 Å². The first-order valence-electron chi connectivity index (χ1n) is 14.6. The second kappa shape index (κ2) is 16.7. The van der Waals surface area contributed by atoms with Crippen molar-refractivity contribution in [1.82, 2.24) is 0 Å². The molecule has 1 saturated carbocycles. The smallest absolute Gasteiger partial charge is 0.305 e. The molecule has 0 aromatic heterocycles. The zero-order valence-electron chi connectivity index (χ0n) is 23.8. The lowest BCUT2D eigenvalue weighted by Gasteiger charge is -2.32. The average Bonchev–Trinajstić information content (AvgIpc) is 3.18. The van der Waals surface area contributed by atoms with Crippen LogP contribution in [0.1, 0.15) is 111 Å². The monoisotopic (exact) mass is 548 g/mol. The summed E-state index contributed by atoms with van der Waals surface area (Å²) >= 11 is 0. The first kappa shape index (κ1) is 32.9. The van der Waals surface area contributed by atoms with E-state index in [2.05, 4.69) is 4.74 Å². The number of aliphatic hydroxyl groups is 1. The highest BCUT2D eigenvalue weighted by Crippen LogP contribution is 2.44. The topological polar surface area (TPSA) is 91.3 Å². The molecule has 2 aliphatic rings. The highest BCUT2D eigenvalue weighted by atomic mass is 19.3. The molecule has 0 spiro atoms. The fourth-order valence-electron chi connectivity index (χ4n) is 5.86. The van der Waals surface area contributed by atoms with Crippen LogP contribution in [0.4, 0.5) is 8.78 Å². The maximum atomic E-state index is 14.7. The van der Waals surface area contributed by atoms with Crippen molar-refractivity contribution in [3.8, 4) is 0 Å². The Kier molecular flexibility index (Phi) is 14.5. The Morgan fingerprint density at radius 1 is 1.08 bits per heavy atom. The van der Waals surface area contributed by atoms with Crippen LogP contribution in [0, 0.1) is 17.8 Å². The van der Waals surface area contributed by atoms with Gasteiger partial charge in [-0.1, -0.05) is 39.5 Å². The number of alkyl halides is 2. The van der Waals surface area contributed by atoms with Crippen molar-refractivity contribution in [2.75, 3.05) is 13.7 Å². The molecular formula is C29H50F2O7. The fraction of sp³-hybridized carbons (Fsp3) is 0.931. The molecule has 2 fully saturated rings. The highest BCUT2D eigenvalue weighted by Gasteiger charge is 2.47. The summed E-state index contributed by atoms with van der Waals surface area (Å²) in [6, 6.07) is 0. The highest BCUT2D eigenvalue weighted by molar-refractivity contribution is 5.69. The van der Waals surface area contributed by atoms with E-state index in [0.717, 1.165) is 51.4 Å². The van der Waals surface area contributed by atoms with Crippen molar-refractivity contribution < 1.29 is 42.4 Å². The van der Waals surface area contributed by atoms with Crippen LogP contribution in [0.25, 0.3) is 0 Å². The Morgan fingerprint density at radius 2 is 1.79 bits per heavy atom. The minimum atomic E-state index is -3.15. The lowest BCUT2D eigenvalue weighted by atomic mass is 9.83. The van der Waals surface area contributed by atoms with Crippen LogP contribution in [0.3, 0.4) is 0 Å². The Balaban J connectivity index is 2.08. The van der Waals surface area contributed by atoms with Crippen LogP contribution in [0.15, 0.2) is 0 Å². The van der Waals surface area contributed by atoms with E-state index in [1.54, 1.807) is 6.92 Å². The lowest BCUT2D eigenvalue weighted by molar-refractivity contribution is -0.197. The number of carbonyl (C=O) groups is 2. The Morgan fingerprint density at radius 3 is 2.42 bits per heavy atom. The standard InChI is InChI=1S/C29H50F2O7/c1-5-20(2)19-29(30,31)26(33)16-15-23-22(12-8-6-7-9-13-27(34)35-4)24(37-21(3)32)18-25(23)38-28-14-10-11-17-36-28/h20,22-26,28,33H,5-19H2,1-4H3/t20-,22+,23+,24+,25+,26?,28?/m0/s1. The zero-order valence-corrected chi connectivity index (χ0v) is 23.8. The van der Waals surface area contributed by atoms with Gasteiger partial charge >= 0.3 is 11.9 Å². The number of hydrogen-bond acceptors (Lipinski definition) is 7. The number of aliphatic hydroxyl groups excluding tert-OH is 1. The Hall–Kier alpha value is -1.32. The largest absolute Gasteiger partial charge is 0.469 e. The maximum absolute atomic E-state index is 14.7. The van der Waals surface area contributed by atoms with Gasteiger partial charge in [0, 0.05) is 38.7 Å². The van der Waals surface area contributed by atoms with E-state index in [-0.39, 0.29) is 61.0 Å². The van der Waals surface area contributed by atoms with Gasteiger partial charge in [0.2, 0.25) is 0 Å². The van der Waals surface area contributed by atoms with Crippen LogP contribution in [-0.2, 0) is 28.5 Å². The number of halogens is 2. The number of rotatable bonds is 17. The van der Waals surface area contributed by atoms with E-state index in [1.807, 2.05) is 6.92 Å². The van der Waals surface area contributed by atoms with Gasteiger partial charge in [-0.3, -0.25) is 9.59 Å². The van der Waals surface area contributed by atoms with Gasteiger partial charge < -0.3 is 24.1 Å². The van der Waals surface area contributed by atoms with Gasteiger partial charge in [-0.2, -0.15) is 0 Å². The SMILES string of the molecule is CC[C@H](C)CC(F)(F)C(O)CC[C@@H]1[C@@H](CCCCCCC(=O)OC)[C@H](OC(C)=O)C[C@H]1OC1CCCCO1. The van der Waals surface area contributed by atoms with Crippen molar-refractivity contribution in [2.24, 2.45) is 17.8 Å². The third-order valence-corrected chi connectivity index (χ3v) is 8.23. The third-order valence-electron chi connectivity index (χ3n) is 8.23. The first-order chi connectivity index (χ1) is 18.1. The first-order valence-corrected chi connectivity index (χ1v) is 14.6. The average molecular weight is 549 g/mol. The second-order valence-electron chi connectivity index (χ2n) is 11.3. The van der Waals surface area contributed by atoms with E-state index in [1.165, 1.54) is 14.0 Å². The van der Waals surface area contributed by atoms with Gasteiger partial charge in [-0.25, -0.2) is 8.78 Å². The van der Waals surface area contributed by atoms with Crippen LogP contribution < -0.4 is 0 Å². The molecule has 1 aliphatic carbocycles. The van der Waals surface area contributed by atoms with Crippen LogP contribution in [0.5, 0.6) is 0 Å². The molecule has 2 rings (SSSR count). The van der Waals surface area contributed by atoms with E-state index < -0.39 is 12.0 Å². The zero-order chi connectivity index (χ0) is 28.1. The summed E-state index contributed by atoms with van der Waals surface area (Å²) < 4.78 is 52.0. The van der Waals surface area contributed by atoms with Crippen LogP contribution >= 0.6 is 0 Å². The number of esters is 2. The maximum Gasteiger partial charge on any atom is 0.305 e. The number of unbranched alkanes of at least 4 members (excludes halogenated alkanes) is 3. The van der Waals surface area contributed by atoms with Gasteiger partial charge in [-0.05, 0) is 56.8 Å². The van der Waals surface area contributed by atoms with Gasteiger partial charge in [0.25, 0.3) is 5.92 Å². The Labute approximate surface area is 227 Å². The molecule has 2 unspecified atom stereocenters. The summed E-state index contributed by atoms with van der Waals surface area (Å²) in [5.41, 5.74) is 0. The molecule has 38 heavy (non-hydrogen) atoms. The van der Waals surface area contributed by atoms with Gasteiger partial charge in [-0.15, -0.1) is 0 Å². The van der Waals surface area contributed by atoms with Crippen molar-refractivity contribution in [3.05, 3.63) is 0 Å². The molecule has 1 saturated heterocycles. The van der Waals surface area contributed by atoms with Crippen molar-refractivity contribution in [3.63, 3.8) is 0 Å². The second-order valence-corrected chi connectivity index (χ2v) is 11.3. The number of methoxy groups -OCH3 is 1. The molecule has 0 aromatic rings. The van der Waals surface area contributed by atoms with Gasteiger partial charge in [0.15, 0.2) is 6.29 Å². The molecule has 0 bridgehead atoms. The number of carbonyl (C=O) groups excluding carboxylic acids is 2. The lowest BCUT2D eigenvalue weighted by Crippen LogP contribution is -2.37. The summed E-state index contributed by atoms with van der Waals surface area (Å²) in [6.07, 6.45) is 5.69. The summed E-state index contributed by atoms with van der Waals surface area (Å²) in [4.78, 5) is 23.3. The van der Waals surface area contributed by atoms with Gasteiger partial charge in [0.05, 0.1) is 13.2 Å². The van der Waals surface area contributed by atoms with Crippen molar-refractivity contribution in [2.45, 2.75) is 141 Å².